The van der Waals surface area contributed by atoms with Gasteiger partial charge in [-0.2, -0.15) is 0 Å². The van der Waals surface area contributed by atoms with Crippen LogP contribution >= 0.6 is 0 Å². The third-order valence-electron chi connectivity index (χ3n) is 0.167. The zero-order valence-corrected chi connectivity index (χ0v) is 6.55. The Bertz CT molecular complexity index is 76.4. The molecule has 0 rings (SSSR count). The summed E-state index contributed by atoms with van der Waals surface area (Å²) >= 11 is 0. The van der Waals surface area contributed by atoms with Gasteiger partial charge in [-0.1, -0.05) is 0 Å². The van der Waals surface area contributed by atoms with Crippen molar-refractivity contribution in [3.8, 4) is 0 Å². The summed E-state index contributed by atoms with van der Waals surface area (Å²) in [6.45, 7) is 0. The van der Waals surface area contributed by atoms with E-state index >= 15 is 0 Å². The van der Waals surface area contributed by atoms with Crippen LogP contribution in [0.1, 0.15) is 0 Å². The van der Waals surface area contributed by atoms with E-state index in [4.69, 9.17) is 19.8 Å². The summed E-state index contributed by atoms with van der Waals surface area (Å²) in [6.07, 6.45) is 0. The van der Waals surface area contributed by atoms with E-state index in [0.29, 0.717) is 0 Å². The molecular weight excluding hydrogens is 193 g/mol. The van der Waals surface area contributed by atoms with Gasteiger partial charge in [-0.25, -0.2) is 0 Å². The molecule has 42 valence electrons. The van der Waals surface area contributed by atoms with Gasteiger partial charge in [0.05, 0.1) is 11.9 Å². The SMILES string of the molecule is O.O=C([O-])C(=O)[O-].[Y+3]. The molecule has 0 amide bonds. The Kier molecular flexibility index (Phi) is 13.7. The van der Waals surface area contributed by atoms with Crippen LogP contribution in [0.4, 0.5) is 0 Å². The van der Waals surface area contributed by atoms with Gasteiger partial charge in [-0.15, -0.1) is 0 Å². The van der Waals surface area contributed by atoms with Crippen molar-refractivity contribution in [2.45, 2.75) is 0 Å². The minimum absolute atomic E-state index is 0. The van der Waals surface area contributed by atoms with Crippen molar-refractivity contribution in [2.75, 3.05) is 0 Å². The number of hydrogen-bond acceptors (Lipinski definition) is 4. The van der Waals surface area contributed by atoms with Crippen molar-refractivity contribution in [3.05, 3.63) is 0 Å². The van der Waals surface area contributed by atoms with Crippen molar-refractivity contribution in [3.63, 3.8) is 0 Å². The molecule has 0 saturated heterocycles. The topological polar surface area (TPSA) is 112 Å². The first-order valence-corrected chi connectivity index (χ1v) is 1.07. The molecule has 0 radical (unpaired) electrons. The monoisotopic (exact) mass is 195 g/mol. The van der Waals surface area contributed by atoms with Crippen LogP contribution in [0.15, 0.2) is 0 Å². The Balaban J connectivity index is -0.000000125. The molecule has 0 aliphatic carbocycles. The molecule has 0 atom stereocenters. The van der Waals surface area contributed by atoms with Crippen LogP contribution in [0.25, 0.3) is 0 Å². The normalized spacial score (nSPS) is 5.50. The van der Waals surface area contributed by atoms with Gasteiger partial charge in [0.1, 0.15) is 0 Å². The van der Waals surface area contributed by atoms with Gasteiger partial charge in [0.2, 0.25) is 0 Å². The molecule has 0 aliphatic rings. The average Bonchev–Trinajstić information content (AvgIpc) is 1.36. The zero-order chi connectivity index (χ0) is 5.15. The maximum Gasteiger partial charge on any atom is 3.00 e. The molecular formula is C2H2O5Y+. The molecule has 0 aromatic heterocycles. The number of aliphatic carboxylic acids is 2. The minimum Gasteiger partial charge on any atom is -0.543 e. The third kappa shape index (κ3) is 9.38. The van der Waals surface area contributed by atoms with Crippen molar-refractivity contribution in [1.82, 2.24) is 0 Å². The summed E-state index contributed by atoms with van der Waals surface area (Å²) < 4.78 is 0. The minimum atomic E-state index is -2.19. The Morgan fingerprint density at radius 1 is 1.00 bits per heavy atom. The number of rotatable bonds is 0. The summed E-state index contributed by atoms with van der Waals surface area (Å²) in [5.41, 5.74) is 0. The van der Waals surface area contributed by atoms with Gasteiger partial charge in [-0.05, 0) is 0 Å². The van der Waals surface area contributed by atoms with Gasteiger partial charge in [0.25, 0.3) is 0 Å². The third-order valence-corrected chi connectivity index (χ3v) is 0.167. The average molecular weight is 195 g/mol. The van der Waals surface area contributed by atoms with Crippen LogP contribution in [0.2, 0.25) is 0 Å². The molecule has 0 heterocycles. The molecule has 0 aliphatic heterocycles. The fraction of sp³-hybridized carbons (Fsp3) is 0. The molecule has 0 aromatic carbocycles. The Hall–Kier alpha value is 0.00390. The van der Waals surface area contributed by atoms with E-state index in [1.807, 2.05) is 0 Å². The second-order valence-electron chi connectivity index (χ2n) is 0.575. The van der Waals surface area contributed by atoms with Crippen molar-refractivity contribution >= 4 is 11.9 Å². The van der Waals surface area contributed by atoms with Gasteiger partial charge in [0, 0.05) is 0 Å². The fourth-order valence-electron chi connectivity index (χ4n) is 0. The summed E-state index contributed by atoms with van der Waals surface area (Å²) in [5.74, 6) is -4.37. The Labute approximate surface area is 69.9 Å². The predicted octanol–water partition coefficient (Wildman–Crippen LogP) is -4.34. The Morgan fingerprint density at radius 3 is 1.12 bits per heavy atom. The zero-order valence-electron chi connectivity index (χ0n) is 3.71. The van der Waals surface area contributed by atoms with Crippen LogP contribution in [0, 0.1) is 0 Å². The predicted molar refractivity (Wildman–Crippen MR) is 13.6 cm³/mol. The first kappa shape index (κ1) is 15.7. The molecule has 0 bridgehead atoms. The van der Waals surface area contributed by atoms with E-state index in [9.17, 15) is 0 Å². The molecule has 5 nitrogen and oxygen atoms in total. The van der Waals surface area contributed by atoms with Crippen molar-refractivity contribution in [1.29, 1.82) is 0 Å². The van der Waals surface area contributed by atoms with Crippen molar-refractivity contribution in [2.24, 2.45) is 0 Å². The number of hydrogen-bond donors (Lipinski definition) is 0. The van der Waals surface area contributed by atoms with E-state index < -0.39 is 11.9 Å². The molecule has 0 fully saturated rings. The van der Waals surface area contributed by atoms with Crippen LogP contribution in [0.3, 0.4) is 0 Å². The molecule has 0 spiro atoms. The fourth-order valence-corrected chi connectivity index (χ4v) is 0. The van der Waals surface area contributed by atoms with Crippen molar-refractivity contribution < 1.29 is 58.0 Å². The van der Waals surface area contributed by atoms with Gasteiger partial charge >= 0.3 is 32.7 Å². The van der Waals surface area contributed by atoms with E-state index in [2.05, 4.69) is 0 Å². The summed E-state index contributed by atoms with van der Waals surface area (Å²) in [6, 6.07) is 0. The molecule has 2 N–H and O–H groups in total. The molecule has 6 heteroatoms. The molecule has 8 heavy (non-hydrogen) atoms. The Morgan fingerprint density at radius 2 is 1.12 bits per heavy atom. The smallest absolute Gasteiger partial charge is 0.543 e. The largest absolute Gasteiger partial charge is 3.00 e. The van der Waals surface area contributed by atoms with E-state index in [1.165, 1.54) is 0 Å². The number of carbonyl (C=O) groups excluding carboxylic acids is 2. The summed E-state index contributed by atoms with van der Waals surface area (Å²) in [4.78, 5) is 17.9. The van der Waals surface area contributed by atoms with Gasteiger partial charge in [0.15, 0.2) is 0 Å². The van der Waals surface area contributed by atoms with Crippen LogP contribution in [-0.4, -0.2) is 17.4 Å². The number of carbonyl (C=O) groups is 2. The second-order valence-corrected chi connectivity index (χ2v) is 0.575. The second kappa shape index (κ2) is 7.00. The summed E-state index contributed by atoms with van der Waals surface area (Å²) in [7, 11) is 0. The molecule has 0 aromatic rings. The van der Waals surface area contributed by atoms with E-state index in [1.54, 1.807) is 0 Å². The quantitative estimate of drug-likeness (QED) is 0.363. The molecule has 0 unspecified atom stereocenters. The van der Waals surface area contributed by atoms with Crippen LogP contribution < -0.4 is 10.2 Å². The first-order valence-electron chi connectivity index (χ1n) is 1.07. The van der Waals surface area contributed by atoms with E-state index in [0.717, 1.165) is 0 Å². The maximum atomic E-state index is 8.93. The van der Waals surface area contributed by atoms with Gasteiger partial charge < -0.3 is 25.3 Å². The van der Waals surface area contributed by atoms with Gasteiger partial charge in [-0.3, -0.25) is 0 Å². The summed E-state index contributed by atoms with van der Waals surface area (Å²) in [5, 5.41) is 17.9. The standard InChI is InChI=1S/C2H2O4.H2O.Y/c3-1(4)2(5)6;;/h(H,3,4)(H,5,6);1H2;/q;;+3/p-2. The first-order chi connectivity index (χ1) is 2.64. The van der Waals surface area contributed by atoms with E-state index in [-0.39, 0.29) is 38.2 Å². The maximum absolute atomic E-state index is 8.93. The van der Waals surface area contributed by atoms with Crippen LogP contribution in [-0.2, 0) is 42.3 Å². The molecule has 0 saturated carbocycles. The number of carboxylic acids is 2. The number of carboxylic acid groups (broad SMARTS) is 2. The van der Waals surface area contributed by atoms with Crippen LogP contribution in [0.5, 0.6) is 0 Å².